The molecule has 0 bridgehead atoms. The van der Waals surface area contributed by atoms with E-state index in [2.05, 4.69) is 10.1 Å². The third-order valence-corrected chi connectivity index (χ3v) is 1.86. The first-order valence-electron chi connectivity index (χ1n) is 4.79. The maximum atomic E-state index is 11.2. The summed E-state index contributed by atoms with van der Waals surface area (Å²) in [6.07, 6.45) is -0.0289. The summed E-state index contributed by atoms with van der Waals surface area (Å²) in [5.41, 5.74) is 5.42. The topological polar surface area (TPSA) is 119 Å². The third-order valence-electron chi connectivity index (χ3n) is 1.86. The van der Waals surface area contributed by atoms with E-state index in [0.29, 0.717) is 0 Å². The molecule has 0 aliphatic rings. The van der Waals surface area contributed by atoms with Gasteiger partial charge in [0.2, 0.25) is 5.91 Å². The number of nitrogens with one attached hydrogen (secondary N) is 1. The van der Waals surface area contributed by atoms with Crippen molar-refractivity contribution in [1.29, 1.82) is 0 Å². The van der Waals surface area contributed by atoms with Gasteiger partial charge in [0.25, 0.3) is 0 Å². The van der Waals surface area contributed by atoms with Gasteiger partial charge in [-0.15, -0.1) is 0 Å². The smallest absolute Gasteiger partial charge is 0.307 e. The van der Waals surface area contributed by atoms with Crippen molar-refractivity contribution in [3.8, 4) is 0 Å². The number of carbonyl (C=O) groups is 3. The molecule has 16 heavy (non-hydrogen) atoms. The van der Waals surface area contributed by atoms with Gasteiger partial charge in [0.1, 0.15) is 0 Å². The molecule has 7 heteroatoms. The van der Waals surface area contributed by atoms with E-state index in [1.54, 1.807) is 0 Å². The van der Waals surface area contributed by atoms with Crippen molar-refractivity contribution >= 4 is 17.8 Å². The summed E-state index contributed by atoms with van der Waals surface area (Å²) >= 11 is 0. The molecule has 1 unspecified atom stereocenters. The van der Waals surface area contributed by atoms with E-state index in [-0.39, 0.29) is 25.8 Å². The summed E-state index contributed by atoms with van der Waals surface area (Å²) in [7, 11) is 1.25. The van der Waals surface area contributed by atoms with E-state index < -0.39 is 23.9 Å². The van der Waals surface area contributed by atoms with E-state index in [1.807, 2.05) is 0 Å². The zero-order chi connectivity index (χ0) is 12.6. The van der Waals surface area contributed by atoms with Crippen LogP contribution in [0.25, 0.3) is 0 Å². The number of carboxylic acids is 1. The summed E-state index contributed by atoms with van der Waals surface area (Å²) in [5, 5.41) is 10.8. The van der Waals surface area contributed by atoms with Crippen LogP contribution in [0.2, 0.25) is 0 Å². The van der Waals surface area contributed by atoms with Gasteiger partial charge in [0.15, 0.2) is 0 Å². The van der Waals surface area contributed by atoms with E-state index in [1.165, 1.54) is 7.11 Å². The molecule has 0 aromatic carbocycles. The summed E-state index contributed by atoms with van der Waals surface area (Å²) in [6.45, 7) is 0.131. The second-order valence-electron chi connectivity index (χ2n) is 3.16. The van der Waals surface area contributed by atoms with Crippen LogP contribution in [0.1, 0.15) is 19.3 Å². The number of amides is 1. The number of carbonyl (C=O) groups excluding carboxylic acids is 2. The summed E-state index contributed by atoms with van der Waals surface area (Å²) in [4.78, 5) is 32.2. The molecule has 0 aromatic heterocycles. The first kappa shape index (κ1) is 14.4. The highest BCUT2D eigenvalue weighted by Gasteiger charge is 2.14. The highest BCUT2D eigenvalue weighted by molar-refractivity contribution is 5.82. The molecule has 0 saturated heterocycles. The fourth-order valence-corrected chi connectivity index (χ4v) is 0.931. The van der Waals surface area contributed by atoms with Crippen LogP contribution in [0.5, 0.6) is 0 Å². The predicted molar refractivity (Wildman–Crippen MR) is 54.5 cm³/mol. The highest BCUT2D eigenvalue weighted by atomic mass is 16.5. The van der Waals surface area contributed by atoms with Crippen molar-refractivity contribution in [1.82, 2.24) is 5.32 Å². The Balaban J connectivity index is 3.71. The molecule has 0 spiro atoms. The molecule has 0 fully saturated rings. The Bertz CT molecular complexity index is 267. The number of hydrogen-bond donors (Lipinski definition) is 3. The van der Waals surface area contributed by atoms with Crippen LogP contribution in [-0.2, 0) is 19.1 Å². The van der Waals surface area contributed by atoms with Gasteiger partial charge in [0.05, 0.1) is 19.6 Å². The van der Waals surface area contributed by atoms with Crippen molar-refractivity contribution in [2.45, 2.75) is 25.3 Å². The number of rotatable bonds is 7. The molecule has 4 N–H and O–H groups in total. The third kappa shape index (κ3) is 6.77. The van der Waals surface area contributed by atoms with Crippen molar-refractivity contribution < 1.29 is 24.2 Å². The lowest BCUT2D eigenvalue weighted by atomic mass is 10.1. The van der Waals surface area contributed by atoms with Gasteiger partial charge in [-0.05, 0) is 6.42 Å². The number of carboxylic acid groups (broad SMARTS) is 1. The van der Waals surface area contributed by atoms with Gasteiger partial charge in [0, 0.05) is 13.0 Å². The fourth-order valence-electron chi connectivity index (χ4n) is 0.931. The molecule has 1 atom stereocenters. The van der Waals surface area contributed by atoms with Gasteiger partial charge in [-0.2, -0.15) is 0 Å². The zero-order valence-electron chi connectivity index (χ0n) is 9.06. The molecule has 0 aliphatic carbocycles. The first-order valence-corrected chi connectivity index (χ1v) is 4.79. The predicted octanol–water partition coefficient (Wildman–Crippen LogP) is -1.14. The number of nitrogens with two attached hydrogens (primary N) is 1. The minimum Gasteiger partial charge on any atom is -0.481 e. The molecule has 0 rings (SSSR count). The second kappa shape index (κ2) is 7.63. The molecular formula is C9H16N2O5. The van der Waals surface area contributed by atoms with Crippen LogP contribution < -0.4 is 11.1 Å². The van der Waals surface area contributed by atoms with E-state index in [4.69, 9.17) is 10.8 Å². The molecule has 92 valence electrons. The maximum Gasteiger partial charge on any atom is 0.307 e. The average Bonchev–Trinajstić information content (AvgIpc) is 2.25. The van der Waals surface area contributed by atoms with Crippen molar-refractivity contribution in [3.63, 3.8) is 0 Å². The van der Waals surface area contributed by atoms with E-state index >= 15 is 0 Å². The van der Waals surface area contributed by atoms with Crippen LogP contribution in [0.15, 0.2) is 0 Å². The number of ether oxygens (including phenoxy) is 1. The van der Waals surface area contributed by atoms with Crippen LogP contribution in [0, 0.1) is 0 Å². The fraction of sp³-hybridized carbons (Fsp3) is 0.667. The maximum absolute atomic E-state index is 11.2. The molecule has 0 heterocycles. The Kier molecular flexibility index (Phi) is 6.86. The average molecular weight is 232 g/mol. The molecule has 0 saturated carbocycles. The Morgan fingerprint density at radius 2 is 2.00 bits per heavy atom. The summed E-state index contributed by atoms with van der Waals surface area (Å²) < 4.78 is 4.37. The lowest BCUT2D eigenvalue weighted by molar-refractivity contribution is -0.140. The minimum atomic E-state index is -1.00. The molecular weight excluding hydrogens is 216 g/mol. The lowest BCUT2D eigenvalue weighted by Crippen LogP contribution is -2.41. The Morgan fingerprint density at radius 1 is 1.38 bits per heavy atom. The quantitative estimate of drug-likeness (QED) is 0.477. The Labute approximate surface area is 92.9 Å². The van der Waals surface area contributed by atoms with Gasteiger partial charge >= 0.3 is 11.9 Å². The molecule has 0 aliphatic heterocycles. The van der Waals surface area contributed by atoms with Gasteiger partial charge in [-0.25, -0.2) is 0 Å². The number of aliphatic carboxylic acids is 1. The monoisotopic (exact) mass is 232 g/mol. The van der Waals surface area contributed by atoms with E-state index in [9.17, 15) is 14.4 Å². The summed E-state index contributed by atoms with van der Waals surface area (Å²) in [6, 6.07) is -0.867. The molecule has 0 aromatic rings. The Morgan fingerprint density at radius 3 is 2.50 bits per heavy atom. The largest absolute Gasteiger partial charge is 0.481 e. The number of esters is 1. The van der Waals surface area contributed by atoms with Gasteiger partial charge < -0.3 is 20.9 Å². The normalized spacial score (nSPS) is 11.6. The number of hydrogen-bond acceptors (Lipinski definition) is 5. The van der Waals surface area contributed by atoms with Crippen LogP contribution in [0.4, 0.5) is 0 Å². The highest BCUT2D eigenvalue weighted by Crippen LogP contribution is 1.94. The van der Waals surface area contributed by atoms with Crippen molar-refractivity contribution in [2.75, 3.05) is 13.7 Å². The second-order valence-corrected chi connectivity index (χ2v) is 3.16. The van der Waals surface area contributed by atoms with Gasteiger partial charge in [-0.1, -0.05) is 0 Å². The molecule has 7 nitrogen and oxygen atoms in total. The van der Waals surface area contributed by atoms with E-state index in [0.717, 1.165) is 0 Å². The molecule has 1 amide bonds. The SMILES string of the molecule is COC(=O)CCNC(=O)C(N)CCC(=O)O. The first-order chi connectivity index (χ1) is 7.47. The number of methoxy groups -OCH3 is 1. The van der Waals surface area contributed by atoms with Gasteiger partial charge in [-0.3, -0.25) is 14.4 Å². The lowest BCUT2D eigenvalue weighted by Gasteiger charge is -2.10. The standard InChI is InChI=1S/C9H16N2O5/c1-16-8(14)4-5-11-9(15)6(10)2-3-7(12)13/h6H,2-5,10H2,1H3,(H,11,15)(H,12,13). The Hall–Kier alpha value is -1.63. The van der Waals surface area contributed by atoms with Crippen molar-refractivity contribution in [2.24, 2.45) is 5.73 Å². The van der Waals surface area contributed by atoms with Crippen LogP contribution in [0.3, 0.4) is 0 Å². The molecule has 0 radical (unpaired) electrons. The van der Waals surface area contributed by atoms with Crippen LogP contribution in [-0.4, -0.2) is 42.6 Å². The zero-order valence-corrected chi connectivity index (χ0v) is 9.06. The minimum absolute atomic E-state index is 0.0634. The van der Waals surface area contributed by atoms with Crippen molar-refractivity contribution in [3.05, 3.63) is 0 Å². The summed E-state index contributed by atoms with van der Waals surface area (Å²) in [5.74, 6) is -1.90. The van der Waals surface area contributed by atoms with Crippen LogP contribution >= 0.6 is 0 Å².